The average molecular weight is 167 g/mol. The van der Waals surface area contributed by atoms with Gasteiger partial charge in [0.15, 0.2) is 0 Å². The van der Waals surface area contributed by atoms with Crippen LogP contribution in [0.5, 0.6) is 0 Å². The highest BCUT2D eigenvalue weighted by Crippen LogP contribution is 2.10. The number of anilines is 1. The van der Waals surface area contributed by atoms with Gasteiger partial charge in [-0.3, -0.25) is 0 Å². The second-order valence-corrected chi connectivity index (χ2v) is 2.36. The zero-order chi connectivity index (χ0) is 9.72. The van der Waals surface area contributed by atoms with Crippen molar-refractivity contribution in [3.8, 4) is 0 Å². The molecule has 0 amide bonds. The molecule has 0 aliphatic carbocycles. The molecule has 1 rings (SSSR count). The monoisotopic (exact) mass is 167 g/mol. The summed E-state index contributed by atoms with van der Waals surface area (Å²) in [5.41, 5.74) is 8.06. The van der Waals surface area contributed by atoms with Crippen molar-refractivity contribution >= 4 is 5.69 Å². The maximum Gasteiger partial charge on any atom is 0.125 e. The molecule has 1 aromatic heterocycles. The minimum atomic E-state index is 0.700. The van der Waals surface area contributed by atoms with Crippen molar-refractivity contribution in [1.29, 1.82) is 0 Å². The third-order valence-corrected chi connectivity index (χ3v) is 1.44. The number of rotatable bonds is 0. The molecule has 0 aliphatic heterocycles. The Morgan fingerprint density at radius 2 is 1.25 bits per heavy atom. The lowest BCUT2D eigenvalue weighted by Crippen LogP contribution is -2.01. The summed E-state index contributed by atoms with van der Waals surface area (Å²) in [6.07, 6.45) is 0. The average Bonchev–Trinajstić information content (AvgIpc) is 2.04. The number of nitrogens with two attached hydrogens (primary N) is 1. The SMILES string of the molecule is CC.Cc1nc(C)c(N)c(C)n1. The predicted molar refractivity (Wildman–Crippen MR) is 52.0 cm³/mol. The van der Waals surface area contributed by atoms with E-state index in [1.165, 1.54) is 0 Å². The summed E-state index contributed by atoms with van der Waals surface area (Å²) in [5.74, 6) is 0.782. The van der Waals surface area contributed by atoms with Gasteiger partial charge in [0.2, 0.25) is 0 Å². The molecular weight excluding hydrogens is 150 g/mol. The third kappa shape index (κ3) is 2.49. The molecule has 0 saturated heterocycles. The highest BCUT2D eigenvalue weighted by molar-refractivity contribution is 5.45. The van der Waals surface area contributed by atoms with Crippen LogP contribution in [0.2, 0.25) is 0 Å². The van der Waals surface area contributed by atoms with Crippen LogP contribution in [0.15, 0.2) is 0 Å². The fraction of sp³-hybridized carbons (Fsp3) is 0.556. The number of aryl methyl sites for hydroxylation is 3. The Bertz CT molecular complexity index is 233. The Morgan fingerprint density at radius 1 is 0.917 bits per heavy atom. The summed E-state index contributed by atoms with van der Waals surface area (Å²) in [5, 5.41) is 0. The number of hydrogen-bond acceptors (Lipinski definition) is 3. The fourth-order valence-corrected chi connectivity index (χ4v) is 0.893. The standard InChI is InChI=1S/C7H11N3.C2H6/c1-4-7(8)5(2)10-6(3)9-4;1-2/h8H2,1-3H3;1-2H3. The largest absolute Gasteiger partial charge is 0.396 e. The van der Waals surface area contributed by atoms with E-state index in [0.29, 0.717) is 5.69 Å². The maximum absolute atomic E-state index is 5.63. The first kappa shape index (κ1) is 10.9. The molecule has 68 valence electrons. The molecule has 2 N–H and O–H groups in total. The van der Waals surface area contributed by atoms with Gasteiger partial charge in [-0.2, -0.15) is 0 Å². The summed E-state index contributed by atoms with van der Waals surface area (Å²) in [6, 6.07) is 0. The number of nitrogens with zero attached hydrogens (tertiary/aromatic N) is 2. The second kappa shape index (κ2) is 4.70. The van der Waals surface area contributed by atoms with Crippen molar-refractivity contribution in [3.63, 3.8) is 0 Å². The van der Waals surface area contributed by atoms with Crippen LogP contribution in [-0.2, 0) is 0 Å². The van der Waals surface area contributed by atoms with E-state index in [9.17, 15) is 0 Å². The Labute approximate surface area is 74.0 Å². The van der Waals surface area contributed by atoms with Gasteiger partial charge < -0.3 is 5.73 Å². The zero-order valence-corrected chi connectivity index (χ0v) is 8.47. The molecule has 12 heavy (non-hydrogen) atoms. The lowest BCUT2D eigenvalue weighted by Gasteiger charge is -2.02. The molecule has 0 saturated carbocycles. The molecule has 3 nitrogen and oxygen atoms in total. The summed E-state index contributed by atoms with van der Waals surface area (Å²) >= 11 is 0. The van der Waals surface area contributed by atoms with Crippen LogP contribution in [0.25, 0.3) is 0 Å². The van der Waals surface area contributed by atoms with Crippen LogP contribution in [0.1, 0.15) is 31.1 Å². The topological polar surface area (TPSA) is 51.8 Å². The van der Waals surface area contributed by atoms with E-state index < -0.39 is 0 Å². The molecule has 0 unspecified atom stereocenters. The molecular formula is C9H17N3. The minimum absolute atomic E-state index is 0.700. The van der Waals surface area contributed by atoms with E-state index >= 15 is 0 Å². The Kier molecular flexibility index (Phi) is 4.26. The molecule has 3 heteroatoms. The van der Waals surface area contributed by atoms with Crippen LogP contribution < -0.4 is 5.73 Å². The van der Waals surface area contributed by atoms with E-state index in [2.05, 4.69) is 9.97 Å². The van der Waals surface area contributed by atoms with E-state index in [0.717, 1.165) is 17.2 Å². The first-order valence-corrected chi connectivity index (χ1v) is 4.18. The van der Waals surface area contributed by atoms with Gasteiger partial charge in [-0.05, 0) is 20.8 Å². The highest BCUT2D eigenvalue weighted by atomic mass is 14.9. The van der Waals surface area contributed by atoms with Crippen molar-refractivity contribution in [2.45, 2.75) is 34.6 Å². The van der Waals surface area contributed by atoms with Gasteiger partial charge in [-0.15, -0.1) is 0 Å². The van der Waals surface area contributed by atoms with Crippen molar-refractivity contribution in [1.82, 2.24) is 9.97 Å². The van der Waals surface area contributed by atoms with Crippen molar-refractivity contribution in [2.24, 2.45) is 0 Å². The van der Waals surface area contributed by atoms with Crippen LogP contribution in [0, 0.1) is 20.8 Å². The molecule has 0 atom stereocenters. The molecule has 1 aromatic rings. The Hall–Kier alpha value is -1.12. The lowest BCUT2D eigenvalue weighted by atomic mass is 10.3. The molecule has 0 fully saturated rings. The van der Waals surface area contributed by atoms with Crippen molar-refractivity contribution < 1.29 is 0 Å². The fourth-order valence-electron chi connectivity index (χ4n) is 0.893. The molecule has 0 aliphatic rings. The first-order valence-electron chi connectivity index (χ1n) is 4.18. The summed E-state index contributed by atoms with van der Waals surface area (Å²) < 4.78 is 0. The lowest BCUT2D eigenvalue weighted by molar-refractivity contribution is 0.983. The molecule has 1 heterocycles. The Balaban J connectivity index is 0.000000561. The van der Waals surface area contributed by atoms with E-state index in [1.54, 1.807) is 0 Å². The predicted octanol–water partition coefficient (Wildman–Crippen LogP) is 2.01. The number of nitrogen functional groups attached to an aromatic ring is 1. The van der Waals surface area contributed by atoms with Crippen molar-refractivity contribution in [3.05, 3.63) is 17.2 Å². The second-order valence-electron chi connectivity index (χ2n) is 2.36. The Morgan fingerprint density at radius 3 is 1.58 bits per heavy atom. The minimum Gasteiger partial charge on any atom is -0.396 e. The summed E-state index contributed by atoms with van der Waals surface area (Å²) in [4.78, 5) is 8.20. The highest BCUT2D eigenvalue weighted by Gasteiger charge is 1.99. The van der Waals surface area contributed by atoms with E-state index in [1.807, 2.05) is 34.6 Å². The van der Waals surface area contributed by atoms with Gasteiger partial charge in [0, 0.05) is 0 Å². The van der Waals surface area contributed by atoms with Gasteiger partial charge >= 0.3 is 0 Å². The molecule has 0 radical (unpaired) electrons. The van der Waals surface area contributed by atoms with Crippen molar-refractivity contribution in [2.75, 3.05) is 5.73 Å². The van der Waals surface area contributed by atoms with Gasteiger partial charge in [-0.1, -0.05) is 13.8 Å². The maximum atomic E-state index is 5.63. The van der Waals surface area contributed by atoms with Crippen LogP contribution in [0.4, 0.5) is 5.69 Å². The van der Waals surface area contributed by atoms with E-state index in [-0.39, 0.29) is 0 Å². The van der Waals surface area contributed by atoms with E-state index in [4.69, 9.17) is 5.73 Å². The number of aromatic nitrogens is 2. The third-order valence-electron chi connectivity index (χ3n) is 1.44. The normalized spacial score (nSPS) is 8.75. The molecule has 0 spiro atoms. The van der Waals surface area contributed by atoms with Crippen LogP contribution in [-0.4, -0.2) is 9.97 Å². The van der Waals surface area contributed by atoms with Gasteiger partial charge in [0.25, 0.3) is 0 Å². The van der Waals surface area contributed by atoms with Crippen LogP contribution >= 0.6 is 0 Å². The molecule has 0 aromatic carbocycles. The van der Waals surface area contributed by atoms with Gasteiger partial charge in [0.05, 0.1) is 17.1 Å². The first-order chi connectivity index (χ1) is 5.61. The number of hydrogen-bond donors (Lipinski definition) is 1. The smallest absolute Gasteiger partial charge is 0.125 e. The summed E-state index contributed by atoms with van der Waals surface area (Å²) in [7, 11) is 0. The van der Waals surface area contributed by atoms with Crippen LogP contribution in [0.3, 0.4) is 0 Å². The van der Waals surface area contributed by atoms with Gasteiger partial charge in [0.1, 0.15) is 5.82 Å². The quantitative estimate of drug-likeness (QED) is 0.643. The molecule has 0 bridgehead atoms. The summed E-state index contributed by atoms with van der Waals surface area (Å²) in [6.45, 7) is 9.63. The zero-order valence-electron chi connectivity index (χ0n) is 8.47. The van der Waals surface area contributed by atoms with Gasteiger partial charge in [-0.25, -0.2) is 9.97 Å².